The van der Waals surface area contributed by atoms with Gasteiger partial charge < -0.3 is 10.6 Å². The summed E-state index contributed by atoms with van der Waals surface area (Å²) in [5, 5.41) is 5.02. The van der Waals surface area contributed by atoms with Gasteiger partial charge >= 0.3 is 0 Å². The number of hydrogen-bond acceptors (Lipinski definition) is 4. The van der Waals surface area contributed by atoms with Crippen LogP contribution in [0.1, 0.15) is 25.1 Å². The summed E-state index contributed by atoms with van der Waals surface area (Å²) in [6.45, 7) is 6.08. The number of rotatable bonds is 4. The molecule has 108 valence electrons. The lowest BCUT2D eigenvalue weighted by Gasteiger charge is -2.40. The summed E-state index contributed by atoms with van der Waals surface area (Å²) in [6, 6.07) is 0.179. The van der Waals surface area contributed by atoms with E-state index in [0.29, 0.717) is 5.02 Å². The third-order valence-electron chi connectivity index (χ3n) is 3.90. The molecule has 1 aromatic heterocycles. The van der Waals surface area contributed by atoms with Gasteiger partial charge in [0.2, 0.25) is 0 Å². The van der Waals surface area contributed by atoms with Crippen LogP contribution in [-0.2, 0) is 6.54 Å². The Morgan fingerprint density at radius 2 is 2.21 bits per heavy atom. The van der Waals surface area contributed by atoms with Crippen LogP contribution in [0.15, 0.2) is 6.20 Å². The highest BCUT2D eigenvalue weighted by molar-refractivity contribution is 6.31. The van der Waals surface area contributed by atoms with Crippen LogP contribution in [0, 0.1) is 0 Å². The van der Waals surface area contributed by atoms with Gasteiger partial charge in [0.1, 0.15) is 0 Å². The van der Waals surface area contributed by atoms with Crippen molar-refractivity contribution >= 4 is 11.6 Å². The molecule has 0 spiro atoms. The van der Waals surface area contributed by atoms with E-state index in [-0.39, 0.29) is 12.1 Å². The molecule has 2 unspecified atom stereocenters. The molecule has 19 heavy (non-hydrogen) atoms. The Kier molecular flexibility index (Phi) is 4.84. The Hall–Kier alpha value is -0.620. The normalized spacial score (nSPS) is 23.7. The van der Waals surface area contributed by atoms with Gasteiger partial charge in [0.25, 0.3) is 0 Å². The van der Waals surface area contributed by atoms with E-state index in [1.165, 1.54) is 0 Å². The lowest BCUT2D eigenvalue weighted by molar-refractivity contribution is 0.0953. The maximum atomic E-state index is 6.49. The standard InChI is InChI=1S/C13H24ClN5/c1-4-5-19-13(10(14)8-16-19)12(15)11-9-17(2)6-7-18(11)3/h8,11-12H,4-7,9,15H2,1-3H3. The van der Waals surface area contributed by atoms with Crippen LogP contribution in [0.25, 0.3) is 0 Å². The Labute approximate surface area is 120 Å². The van der Waals surface area contributed by atoms with Crippen molar-refractivity contribution in [1.82, 2.24) is 19.6 Å². The Bertz CT molecular complexity index is 419. The van der Waals surface area contributed by atoms with Crippen LogP contribution in [0.3, 0.4) is 0 Å². The molecular formula is C13H24ClN5. The molecule has 2 heterocycles. The Morgan fingerprint density at radius 3 is 2.89 bits per heavy atom. The van der Waals surface area contributed by atoms with Crippen LogP contribution < -0.4 is 5.73 Å². The van der Waals surface area contributed by atoms with E-state index in [4.69, 9.17) is 17.3 Å². The van der Waals surface area contributed by atoms with E-state index < -0.39 is 0 Å². The molecule has 1 aliphatic rings. The van der Waals surface area contributed by atoms with Crippen LogP contribution >= 0.6 is 11.6 Å². The highest BCUT2D eigenvalue weighted by Gasteiger charge is 2.31. The van der Waals surface area contributed by atoms with Crippen molar-refractivity contribution in [2.24, 2.45) is 5.73 Å². The molecule has 0 radical (unpaired) electrons. The highest BCUT2D eigenvalue weighted by Crippen LogP contribution is 2.27. The van der Waals surface area contributed by atoms with Crippen LogP contribution in [0.2, 0.25) is 5.02 Å². The van der Waals surface area contributed by atoms with Crippen molar-refractivity contribution in [3.8, 4) is 0 Å². The summed E-state index contributed by atoms with van der Waals surface area (Å²) in [5.74, 6) is 0. The zero-order chi connectivity index (χ0) is 14.0. The predicted octanol–water partition coefficient (Wildman–Crippen LogP) is 1.19. The van der Waals surface area contributed by atoms with Gasteiger partial charge in [-0.2, -0.15) is 5.10 Å². The molecule has 1 aliphatic heterocycles. The van der Waals surface area contributed by atoms with Gasteiger partial charge in [-0.25, -0.2) is 0 Å². The molecule has 0 saturated carbocycles. The van der Waals surface area contributed by atoms with Crippen molar-refractivity contribution in [3.63, 3.8) is 0 Å². The zero-order valence-electron chi connectivity index (χ0n) is 12.0. The van der Waals surface area contributed by atoms with Gasteiger partial charge in [0.15, 0.2) is 0 Å². The summed E-state index contributed by atoms with van der Waals surface area (Å²) in [4.78, 5) is 4.64. The first-order valence-corrected chi connectivity index (χ1v) is 7.28. The van der Waals surface area contributed by atoms with E-state index in [9.17, 15) is 0 Å². The van der Waals surface area contributed by atoms with E-state index in [2.05, 4.69) is 35.9 Å². The minimum Gasteiger partial charge on any atom is -0.321 e. The number of aromatic nitrogens is 2. The molecule has 6 heteroatoms. The fraction of sp³-hybridized carbons (Fsp3) is 0.769. The third kappa shape index (κ3) is 3.11. The molecule has 0 bridgehead atoms. The Morgan fingerprint density at radius 1 is 1.47 bits per heavy atom. The van der Waals surface area contributed by atoms with Crippen LogP contribution in [-0.4, -0.2) is 59.4 Å². The van der Waals surface area contributed by atoms with Gasteiger partial charge in [-0.15, -0.1) is 0 Å². The smallest absolute Gasteiger partial charge is 0.0834 e. The lowest BCUT2D eigenvalue weighted by Crippen LogP contribution is -2.54. The van der Waals surface area contributed by atoms with Crippen molar-refractivity contribution < 1.29 is 0 Å². The summed E-state index contributed by atoms with van der Waals surface area (Å²) >= 11 is 6.28. The van der Waals surface area contributed by atoms with Crippen molar-refractivity contribution in [2.75, 3.05) is 33.7 Å². The largest absolute Gasteiger partial charge is 0.321 e. The fourth-order valence-electron chi connectivity index (χ4n) is 2.71. The summed E-state index contributed by atoms with van der Waals surface area (Å²) in [6.07, 6.45) is 2.73. The first-order valence-electron chi connectivity index (χ1n) is 6.90. The topological polar surface area (TPSA) is 50.3 Å². The molecule has 0 aromatic carbocycles. The number of piperazine rings is 1. The maximum Gasteiger partial charge on any atom is 0.0834 e. The summed E-state index contributed by atoms with van der Waals surface area (Å²) < 4.78 is 1.95. The third-order valence-corrected chi connectivity index (χ3v) is 4.19. The second-order valence-electron chi connectivity index (χ2n) is 5.44. The molecule has 0 aliphatic carbocycles. The molecule has 1 fully saturated rings. The van der Waals surface area contributed by atoms with E-state index in [0.717, 1.165) is 38.3 Å². The van der Waals surface area contributed by atoms with Gasteiger partial charge in [0.05, 0.1) is 23.0 Å². The SMILES string of the molecule is CCCn1ncc(Cl)c1C(N)C1CN(C)CCN1C. The monoisotopic (exact) mass is 285 g/mol. The first kappa shape index (κ1) is 14.8. The van der Waals surface area contributed by atoms with Crippen molar-refractivity contribution in [1.29, 1.82) is 0 Å². The van der Waals surface area contributed by atoms with Crippen LogP contribution in [0.5, 0.6) is 0 Å². The molecule has 1 saturated heterocycles. The molecule has 2 atom stereocenters. The van der Waals surface area contributed by atoms with Crippen LogP contribution in [0.4, 0.5) is 0 Å². The number of likely N-dealkylation sites (N-methyl/N-ethyl adjacent to an activating group) is 2. The van der Waals surface area contributed by atoms with E-state index in [1.807, 2.05) is 4.68 Å². The zero-order valence-corrected chi connectivity index (χ0v) is 12.8. The fourth-order valence-corrected chi connectivity index (χ4v) is 2.97. The number of nitrogens with zero attached hydrogens (tertiary/aromatic N) is 4. The molecule has 0 amide bonds. The minimum atomic E-state index is -0.103. The summed E-state index contributed by atoms with van der Waals surface area (Å²) in [7, 11) is 4.27. The number of hydrogen-bond donors (Lipinski definition) is 1. The molecule has 5 nitrogen and oxygen atoms in total. The quantitative estimate of drug-likeness (QED) is 0.903. The average molecular weight is 286 g/mol. The first-order chi connectivity index (χ1) is 9.04. The lowest BCUT2D eigenvalue weighted by atomic mass is 10.0. The number of aryl methyl sites for hydroxylation is 1. The molecule has 2 rings (SSSR count). The van der Waals surface area contributed by atoms with Gasteiger partial charge in [-0.05, 0) is 20.5 Å². The average Bonchev–Trinajstić information content (AvgIpc) is 2.73. The highest BCUT2D eigenvalue weighted by atomic mass is 35.5. The second-order valence-corrected chi connectivity index (χ2v) is 5.84. The molecular weight excluding hydrogens is 262 g/mol. The minimum absolute atomic E-state index is 0.103. The van der Waals surface area contributed by atoms with Crippen molar-refractivity contribution in [3.05, 3.63) is 16.9 Å². The van der Waals surface area contributed by atoms with E-state index in [1.54, 1.807) is 6.20 Å². The van der Waals surface area contributed by atoms with E-state index >= 15 is 0 Å². The van der Waals surface area contributed by atoms with Gasteiger partial charge in [-0.3, -0.25) is 9.58 Å². The van der Waals surface area contributed by atoms with Gasteiger partial charge in [-0.1, -0.05) is 18.5 Å². The molecule has 1 aromatic rings. The number of halogens is 1. The molecule has 2 N–H and O–H groups in total. The maximum absolute atomic E-state index is 6.49. The Balaban J connectivity index is 2.22. The van der Waals surface area contributed by atoms with Gasteiger partial charge in [0, 0.05) is 32.2 Å². The second kappa shape index (κ2) is 6.22. The number of nitrogens with two attached hydrogens (primary N) is 1. The summed E-state index contributed by atoms with van der Waals surface area (Å²) in [5.41, 5.74) is 7.45. The predicted molar refractivity (Wildman–Crippen MR) is 78.4 cm³/mol. The van der Waals surface area contributed by atoms with Crippen molar-refractivity contribution in [2.45, 2.75) is 32.0 Å².